The maximum atomic E-state index is 5.81. The molecule has 2 heterocycles. The van der Waals surface area contributed by atoms with E-state index in [2.05, 4.69) is 17.0 Å². The van der Waals surface area contributed by atoms with Crippen LogP contribution in [-0.2, 0) is 13.0 Å². The minimum Gasteiger partial charge on any atom is -0.328 e. The highest BCUT2D eigenvalue weighted by Crippen LogP contribution is 2.22. The molecule has 0 fully saturated rings. The summed E-state index contributed by atoms with van der Waals surface area (Å²) in [5, 5.41) is 4.34. The van der Waals surface area contributed by atoms with Crippen molar-refractivity contribution < 1.29 is 0 Å². The Kier molecular flexibility index (Phi) is 2.54. The molecule has 4 nitrogen and oxygen atoms in total. The predicted molar refractivity (Wildman–Crippen MR) is 54.8 cm³/mol. The number of rotatable bonds is 2. The largest absolute Gasteiger partial charge is 0.328 e. The lowest BCUT2D eigenvalue weighted by Gasteiger charge is -2.23. The van der Waals surface area contributed by atoms with Gasteiger partial charge in [-0.25, -0.2) is 9.67 Å². The van der Waals surface area contributed by atoms with Crippen LogP contribution < -0.4 is 5.73 Å². The maximum absolute atomic E-state index is 5.81. The molecule has 0 spiro atoms. The van der Waals surface area contributed by atoms with E-state index in [1.165, 1.54) is 6.42 Å². The summed E-state index contributed by atoms with van der Waals surface area (Å²) in [6, 6.07) is 0.301. The van der Waals surface area contributed by atoms with Gasteiger partial charge in [-0.05, 0) is 32.6 Å². The number of aryl methyl sites for hydroxylation is 2. The van der Waals surface area contributed by atoms with Crippen molar-refractivity contribution in [2.24, 2.45) is 11.7 Å². The first-order chi connectivity index (χ1) is 6.65. The van der Waals surface area contributed by atoms with Crippen LogP contribution >= 0.6 is 0 Å². The number of fused-ring (bicyclic) bond motifs is 1. The number of aromatic nitrogens is 3. The number of nitrogens with zero attached hydrogens (tertiary/aromatic N) is 3. The monoisotopic (exact) mass is 194 g/mol. The van der Waals surface area contributed by atoms with Crippen LogP contribution in [0.15, 0.2) is 0 Å². The summed E-state index contributed by atoms with van der Waals surface area (Å²) in [6.07, 6.45) is 3.34. The van der Waals surface area contributed by atoms with Crippen molar-refractivity contribution in [2.45, 2.75) is 45.7 Å². The van der Waals surface area contributed by atoms with Crippen LogP contribution in [0, 0.1) is 12.8 Å². The van der Waals surface area contributed by atoms with Gasteiger partial charge in [-0.15, -0.1) is 0 Å². The summed E-state index contributed by atoms with van der Waals surface area (Å²) in [5.41, 5.74) is 5.81. The molecule has 1 aliphatic heterocycles. The third kappa shape index (κ3) is 1.95. The first kappa shape index (κ1) is 9.65. The Balaban J connectivity index is 2.05. The van der Waals surface area contributed by atoms with Gasteiger partial charge in [-0.3, -0.25) is 0 Å². The molecule has 0 saturated carbocycles. The summed E-state index contributed by atoms with van der Waals surface area (Å²) >= 11 is 0. The molecule has 2 atom stereocenters. The van der Waals surface area contributed by atoms with E-state index in [9.17, 15) is 0 Å². The van der Waals surface area contributed by atoms with Gasteiger partial charge in [0.05, 0.1) is 0 Å². The molecule has 2 rings (SSSR count). The molecular formula is C10H18N4. The number of hydrogen-bond acceptors (Lipinski definition) is 3. The fourth-order valence-electron chi connectivity index (χ4n) is 2.22. The Morgan fingerprint density at radius 2 is 2.43 bits per heavy atom. The molecule has 1 aliphatic rings. The highest BCUT2D eigenvalue weighted by atomic mass is 15.3. The molecule has 0 aliphatic carbocycles. The fourth-order valence-corrected chi connectivity index (χ4v) is 2.22. The van der Waals surface area contributed by atoms with E-state index in [0.29, 0.717) is 12.0 Å². The second-order valence-electron chi connectivity index (χ2n) is 4.37. The van der Waals surface area contributed by atoms with Crippen molar-refractivity contribution in [1.82, 2.24) is 14.8 Å². The molecule has 0 bridgehead atoms. The van der Waals surface area contributed by atoms with Gasteiger partial charge in [-0.1, -0.05) is 0 Å². The van der Waals surface area contributed by atoms with Gasteiger partial charge in [0.25, 0.3) is 0 Å². The van der Waals surface area contributed by atoms with Crippen molar-refractivity contribution in [1.29, 1.82) is 0 Å². The zero-order chi connectivity index (χ0) is 10.1. The van der Waals surface area contributed by atoms with Gasteiger partial charge in [0.1, 0.15) is 11.6 Å². The first-order valence-electron chi connectivity index (χ1n) is 5.31. The van der Waals surface area contributed by atoms with Crippen molar-refractivity contribution in [2.75, 3.05) is 0 Å². The summed E-state index contributed by atoms with van der Waals surface area (Å²) in [4.78, 5) is 4.42. The summed E-state index contributed by atoms with van der Waals surface area (Å²) in [7, 11) is 0. The smallest absolute Gasteiger partial charge is 0.147 e. The Hall–Kier alpha value is -0.900. The second kappa shape index (κ2) is 3.69. The molecule has 0 radical (unpaired) electrons. The van der Waals surface area contributed by atoms with E-state index in [1.54, 1.807) is 0 Å². The number of nitrogens with two attached hydrogens (primary N) is 1. The quantitative estimate of drug-likeness (QED) is 0.760. The zero-order valence-electron chi connectivity index (χ0n) is 8.90. The molecule has 0 amide bonds. The highest BCUT2D eigenvalue weighted by Gasteiger charge is 2.21. The fraction of sp³-hybridized carbons (Fsp3) is 0.800. The van der Waals surface area contributed by atoms with E-state index >= 15 is 0 Å². The molecule has 2 N–H and O–H groups in total. The van der Waals surface area contributed by atoms with Crippen molar-refractivity contribution in [3.8, 4) is 0 Å². The molecule has 4 heteroatoms. The van der Waals surface area contributed by atoms with E-state index < -0.39 is 0 Å². The molecule has 1 aromatic rings. The van der Waals surface area contributed by atoms with Crippen LogP contribution in [0.25, 0.3) is 0 Å². The molecular weight excluding hydrogens is 176 g/mol. The Morgan fingerprint density at radius 3 is 3.14 bits per heavy atom. The molecule has 1 aromatic heterocycles. The Morgan fingerprint density at radius 1 is 1.64 bits per heavy atom. The summed E-state index contributed by atoms with van der Waals surface area (Å²) in [6.45, 7) is 5.03. The lowest BCUT2D eigenvalue weighted by Crippen LogP contribution is -2.26. The maximum Gasteiger partial charge on any atom is 0.147 e. The highest BCUT2D eigenvalue weighted by molar-refractivity contribution is 4.96. The van der Waals surface area contributed by atoms with Gasteiger partial charge < -0.3 is 5.73 Å². The van der Waals surface area contributed by atoms with Crippen LogP contribution in [0.1, 0.15) is 31.4 Å². The average molecular weight is 194 g/mol. The van der Waals surface area contributed by atoms with Gasteiger partial charge in [0.2, 0.25) is 0 Å². The van der Waals surface area contributed by atoms with E-state index in [1.807, 2.05) is 11.6 Å². The topological polar surface area (TPSA) is 56.7 Å². The van der Waals surface area contributed by atoms with Gasteiger partial charge in [0.15, 0.2) is 0 Å². The molecule has 0 aromatic carbocycles. The Bertz CT molecular complexity index is 316. The van der Waals surface area contributed by atoms with Gasteiger partial charge in [0, 0.05) is 19.0 Å². The number of hydrogen-bond donors (Lipinski definition) is 1. The molecule has 78 valence electrons. The van der Waals surface area contributed by atoms with Crippen LogP contribution in [0.4, 0.5) is 0 Å². The van der Waals surface area contributed by atoms with Crippen molar-refractivity contribution >= 4 is 0 Å². The molecule has 2 unspecified atom stereocenters. The standard InChI is InChI=1S/C10H18N4/c1-7(11)5-9-3-4-14-10(6-9)12-8(2)13-14/h7,9H,3-6,11H2,1-2H3. The van der Waals surface area contributed by atoms with Crippen molar-refractivity contribution in [3.63, 3.8) is 0 Å². The van der Waals surface area contributed by atoms with Gasteiger partial charge >= 0.3 is 0 Å². The average Bonchev–Trinajstić information content (AvgIpc) is 2.42. The first-order valence-corrected chi connectivity index (χ1v) is 5.31. The normalized spacial score (nSPS) is 23.2. The predicted octanol–water partition coefficient (Wildman–Crippen LogP) is 0.886. The van der Waals surface area contributed by atoms with Crippen LogP contribution in [0.2, 0.25) is 0 Å². The SMILES string of the molecule is Cc1nc2n(n1)CCC(CC(C)N)C2. The summed E-state index contributed by atoms with van der Waals surface area (Å²) in [5.74, 6) is 2.73. The Labute approximate surface area is 84.5 Å². The third-order valence-corrected chi connectivity index (χ3v) is 2.78. The zero-order valence-corrected chi connectivity index (χ0v) is 8.90. The van der Waals surface area contributed by atoms with E-state index in [-0.39, 0.29) is 0 Å². The minimum atomic E-state index is 0.301. The second-order valence-corrected chi connectivity index (χ2v) is 4.37. The van der Waals surface area contributed by atoms with E-state index in [0.717, 1.165) is 31.0 Å². The van der Waals surface area contributed by atoms with Crippen molar-refractivity contribution in [3.05, 3.63) is 11.6 Å². The molecule has 0 saturated heterocycles. The molecule has 14 heavy (non-hydrogen) atoms. The summed E-state index contributed by atoms with van der Waals surface area (Å²) < 4.78 is 2.03. The van der Waals surface area contributed by atoms with Crippen LogP contribution in [0.3, 0.4) is 0 Å². The minimum absolute atomic E-state index is 0.301. The van der Waals surface area contributed by atoms with Crippen LogP contribution in [-0.4, -0.2) is 20.8 Å². The third-order valence-electron chi connectivity index (χ3n) is 2.78. The lowest BCUT2D eigenvalue weighted by molar-refractivity contribution is 0.329. The van der Waals surface area contributed by atoms with Gasteiger partial charge in [-0.2, -0.15) is 5.10 Å². The lowest BCUT2D eigenvalue weighted by atomic mass is 9.92. The van der Waals surface area contributed by atoms with Crippen LogP contribution in [0.5, 0.6) is 0 Å². The van der Waals surface area contributed by atoms with E-state index in [4.69, 9.17) is 5.73 Å².